The van der Waals surface area contributed by atoms with E-state index in [1.165, 1.54) is 12.3 Å². The highest BCUT2D eigenvalue weighted by Gasteiger charge is 2.11. The summed E-state index contributed by atoms with van der Waals surface area (Å²) in [5.74, 6) is -1.02. The van der Waals surface area contributed by atoms with Gasteiger partial charge in [-0.2, -0.15) is 0 Å². The molecule has 1 N–H and O–H groups in total. The number of nitrogens with zero attached hydrogens (tertiary/aromatic N) is 2. The zero-order valence-corrected chi connectivity index (χ0v) is 8.91. The van der Waals surface area contributed by atoms with E-state index in [1.54, 1.807) is 29.0 Å². The van der Waals surface area contributed by atoms with Gasteiger partial charge in [-0.1, -0.05) is 0 Å². The van der Waals surface area contributed by atoms with Gasteiger partial charge in [0.1, 0.15) is 0 Å². The minimum atomic E-state index is -1.02. The lowest BCUT2D eigenvalue weighted by Crippen LogP contribution is -2.10. The zero-order valence-electron chi connectivity index (χ0n) is 8.91. The van der Waals surface area contributed by atoms with Crippen molar-refractivity contribution in [1.82, 2.24) is 9.55 Å². The van der Waals surface area contributed by atoms with Crippen LogP contribution in [0.15, 0.2) is 36.7 Å². The van der Waals surface area contributed by atoms with Gasteiger partial charge in [-0.05, 0) is 24.3 Å². The molecule has 0 unspecified atom stereocenters. The topological polar surface area (TPSA) is 72.2 Å². The molecule has 0 aliphatic heterocycles. The number of aromatic nitrogens is 2. The molecule has 0 saturated heterocycles. The van der Waals surface area contributed by atoms with E-state index in [1.807, 2.05) is 0 Å². The third-order valence-electron chi connectivity index (χ3n) is 2.43. The summed E-state index contributed by atoms with van der Waals surface area (Å²) in [5, 5.41) is 9.00. The summed E-state index contributed by atoms with van der Waals surface area (Å²) in [7, 11) is 0. The summed E-state index contributed by atoms with van der Waals surface area (Å²) in [5.41, 5.74) is 1.07. The second kappa shape index (κ2) is 4.61. The fourth-order valence-corrected chi connectivity index (χ4v) is 1.60. The molecule has 5 heteroatoms. The molecular weight excluding hydrogens is 220 g/mol. The Labute approximate surface area is 97.3 Å². The van der Waals surface area contributed by atoms with Crippen molar-refractivity contribution < 1.29 is 14.7 Å². The van der Waals surface area contributed by atoms with Crippen LogP contribution in [-0.4, -0.2) is 26.9 Å². The number of aldehydes is 1. The first-order valence-electron chi connectivity index (χ1n) is 5.00. The van der Waals surface area contributed by atoms with Gasteiger partial charge in [-0.15, -0.1) is 0 Å². The Morgan fingerprint density at radius 3 is 2.94 bits per heavy atom. The van der Waals surface area contributed by atoms with E-state index in [0.717, 1.165) is 6.29 Å². The molecule has 0 saturated carbocycles. The van der Waals surface area contributed by atoms with Gasteiger partial charge in [0, 0.05) is 12.4 Å². The van der Waals surface area contributed by atoms with Gasteiger partial charge in [0.15, 0.2) is 6.29 Å². The summed E-state index contributed by atoms with van der Waals surface area (Å²) in [4.78, 5) is 25.8. The van der Waals surface area contributed by atoms with Crippen molar-refractivity contribution in [2.75, 3.05) is 0 Å². The van der Waals surface area contributed by atoms with Crippen LogP contribution in [0.3, 0.4) is 0 Å². The standard InChI is InChI=1S/C12H10N2O3/c15-8-9-3-2-6-14(9)7-11-10(12(16)17)4-1-5-13-11/h1-6,8H,7H2,(H,16,17). The fraction of sp³-hybridized carbons (Fsp3) is 0.0833. The van der Waals surface area contributed by atoms with Crippen LogP contribution in [0.2, 0.25) is 0 Å². The molecule has 0 aromatic carbocycles. The van der Waals surface area contributed by atoms with E-state index in [2.05, 4.69) is 4.98 Å². The molecule has 0 aliphatic rings. The normalized spacial score (nSPS) is 10.1. The predicted octanol–water partition coefficient (Wildman–Crippen LogP) is 1.44. The van der Waals surface area contributed by atoms with Crippen molar-refractivity contribution in [3.8, 4) is 0 Å². The van der Waals surface area contributed by atoms with Crippen molar-refractivity contribution in [2.24, 2.45) is 0 Å². The van der Waals surface area contributed by atoms with Crippen LogP contribution < -0.4 is 0 Å². The van der Waals surface area contributed by atoms with Crippen molar-refractivity contribution in [3.63, 3.8) is 0 Å². The Morgan fingerprint density at radius 2 is 2.24 bits per heavy atom. The highest BCUT2D eigenvalue weighted by atomic mass is 16.4. The highest BCUT2D eigenvalue weighted by molar-refractivity contribution is 5.88. The van der Waals surface area contributed by atoms with Crippen LogP contribution in [0.5, 0.6) is 0 Å². The molecule has 17 heavy (non-hydrogen) atoms. The molecule has 2 aromatic heterocycles. The van der Waals surface area contributed by atoms with E-state index < -0.39 is 5.97 Å². The first-order valence-corrected chi connectivity index (χ1v) is 5.00. The van der Waals surface area contributed by atoms with Crippen LogP contribution in [-0.2, 0) is 6.54 Å². The van der Waals surface area contributed by atoms with Gasteiger partial charge in [0.05, 0.1) is 23.5 Å². The number of hydrogen-bond donors (Lipinski definition) is 1. The minimum absolute atomic E-state index is 0.151. The number of carbonyl (C=O) groups excluding carboxylic acids is 1. The predicted molar refractivity (Wildman–Crippen MR) is 60.1 cm³/mol. The molecule has 2 aromatic rings. The third kappa shape index (κ3) is 2.23. The van der Waals surface area contributed by atoms with Crippen LogP contribution in [0.4, 0.5) is 0 Å². The smallest absolute Gasteiger partial charge is 0.337 e. The summed E-state index contributed by atoms with van der Waals surface area (Å²) >= 11 is 0. The van der Waals surface area contributed by atoms with E-state index in [9.17, 15) is 9.59 Å². The van der Waals surface area contributed by atoms with Crippen molar-refractivity contribution in [3.05, 3.63) is 53.6 Å². The average Bonchev–Trinajstić information content (AvgIpc) is 2.77. The molecule has 2 rings (SSSR count). The molecule has 0 spiro atoms. The number of carboxylic acid groups (broad SMARTS) is 1. The van der Waals surface area contributed by atoms with Gasteiger partial charge in [0.25, 0.3) is 0 Å². The van der Waals surface area contributed by atoms with Gasteiger partial charge in [-0.25, -0.2) is 4.79 Å². The van der Waals surface area contributed by atoms with Gasteiger partial charge < -0.3 is 9.67 Å². The van der Waals surface area contributed by atoms with Crippen molar-refractivity contribution >= 4 is 12.3 Å². The number of carbonyl (C=O) groups is 2. The summed E-state index contributed by atoms with van der Waals surface area (Å²) < 4.78 is 1.65. The van der Waals surface area contributed by atoms with Crippen molar-refractivity contribution in [1.29, 1.82) is 0 Å². The maximum absolute atomic E-state index is 11.0. The number of carboxylic acids is 1. The number of rotatable bonds is 4. The summed E-state index contributed by atoms with van der Waals surface area (Å²) in [6, 6.07) is 6.46. The van der Waals surface area contributed by atoms with Gasteiger partial charge in [0.2, 0.25) is 0 Å². The highest BCUT2D eigenvalue weighted by Crippen LogP contribution is 2.09. The molecule has 86 valence electrons. The van der Waals surface area contributed by atoms with Crippen LogP contribution in [0, 0.1) is 0 Å². The molecular formula is C12H10N2O3. The van der Waals surface area contributed by atoms with Crippen LogP contribution in [0.1, 0.15) is 26.5 Å². The van der Waals surface area contributed by atoms with Crippen LogP contribution >= 0.6 is 0 Å². The Hall–Kier alpha value is -2.43. The Balaban J connectivity index is 2.36. The molecule has 0 atom stereocenters. The molecule has 5 nitrogen and oxygen atoms in total. The zero-order chi connectivity index (χ0) is 12.3. The lowest BCUT2D eigenvalue weighted by atomic mass is 10.2. The number of aromatic carboxylic acids is 1. The maximum atomic E-state index is 11.0. The Bertz CT molecular complexity index is 560. The number of pyridine rings is 1. The quantitative estimate of drug-likeness (QED) is 0.807. The average molecular weight is 230 g/mol. The van der Waals surface area contributed by atoms with E-state index in [-0.39, 0.29) is 12.1 Å². The minimum Gasteiger partial charge on any atom is -0.478 e. The number of hydrogen-bond acceptors (Lipinski definition) is 3. The second-order valence-corrected chi connectivity index (χ2v) is 3.48. The lowest BCUT2D eigenvalue weighted by molar-refractivity contribution is 0.0695. The van der Waals surface area contributed by atoms with Gasteiger partial charge >= 0.3 is 5.97 Å². The first-order chi connectivity index (χ1) is 8.22. The fourth-order valence-electron chi connectivity index (χ4n) is 1.60. The Morgan fingerprint density at radius 1 is 1.41 bits per heavy atom. The molecule has 0 bridgehead atoms. The van der Waals surface area contributed by atoms with E-state index >= 15 is 0 Å². The van der Waals surface area contributed by atoms with Gasteiger partial charge in [-0.3, -0.25) is 9.78 Å². The lowest BCUT2D eigenvalue weighted by Gasteiger charge is -2.07. The molecule has 0 aliphatic carbocycles. The molecule has 0 radical (unpaired) electrons. The van der Waals surface area contributed by atoms with Crippen molar-refractivity contribution in [2.45, 2.75) is 6.54 Å². The molecule has 0 fully saturated rings. The van der Waals surface area contributed by atoms with Crippen LogP contribution in [0.25, 0.3) is 0 Å². The summed E-state index contributed by atoms with van der Waals surface area (Å²) in [6.07, 6.45) is 3.97. The third-order valence-corrected chi connectivity index (χ3v) is 2.43. The van der Waals surface area contributed by atoms with E-state index in [0.29, 0.717) is 11.4 Å². The Kier molecular flexibility index (Phi) is 3.00. The monoisotopic (exact) mass is 230 g/mol. The second-order valence-electron chi connectivity index (χ2n) is 3.48. The maximum Gasteiger partial charge on any atom is 0.337 e. The van der Waals surface area contributed by atoms with E-state index in [4.69, 9.17) is 5.11 Å². The molecule has 2 heterocycles. The molecule has 0 amide bonds. The SMILES string of the molecule is O=Cc1cccn1Cc1ncccc1C(=O)O. The summed E-state index contributed by atoms with van der Waals surface area (Å²) in [6.45, 7) is 0.267. The first kappa shape index (κ1) is 11.1. The largest absolute Gasteiger partial charge is 0.478 e.